The summed E-state index contributed by atoms with van der Waals surface area (Å²) in [5.41, 5.74) is 2.71. The van der Waals surface area contributed by atoms with Crippen LogP contribution in [0.15, 0.2) is 48.5 Å². The predicted molar refractivity (Wildman–Crippen MR) is 97.7 cm³/mol. The summed E-state index contributed by atoms with van der Waals surface area (Å²) in [4.78, 5) is 34.7. The number of carboxylic acid groups (broad SMARTS) is 1. The van der Waals surface area contributed by atoms with Crippen molar-refractivity contribution in [3.05, 3.63) is 59.7 Å². The molecule has 0 atom stereocenters. The molecule has 6 nitrogen and oxygen atoms in total. The molecule has 0 saturated carbocycles. The third-order valence-corrected chi connectivity index (χ3v) is 3.84. The van der Waals surface area contributed by atoms with Crippen LogP contribution in [0.5, 0.6) is 0 Å². The molecule has 0 saturated heterocycles. The van der Waals surface area contributed by atoms with Crippen LogP contribution >= 0.6 is 0 Å². The molecule has 0 radical (unpaired) electrons. The maximum absolute atomic E-state index is 12.5. The highest BCUT2D eigenvalue weighted by Crippen LogP contribution is 2.18. The van der Waals surface area contributed by atoms with Crippen molar-refractivity contribution in [1.82, 2.24) is 0 Å². The molecule has 2 N–H and O–H groups in total. The minimum atomic E-state index is -1.18. The van der Waals surface area contributed by atoms with Crippen LogP contribution in [-0.2, 0) is 16.0 Å². The van der Waals surface area contributed by atoms with E-state index >= 15 is 0 Å². The lowest BCUT2D eigenvalue weighted by atomic mass is 10.1. The second kappa shape index (κ2) is 9.36. The fraction of sp³-hybridized carbons (Fsp3) is 0.250. The first kappa shape index (κ1) is 19.2. The van der Waals surface area contributed by atoms with Crippen LogP contribution < -0.4 is 15.7 Å². The molecule has 2 rings (SSSR count). The molecule has 0 aliphatic rings. The van der Waals surface area contributed by atoms with Gasteiger partial charge in [-0.05, 0) is 49.1 Å². The third kappa shape index (κ3) is 5.73. The molecule has 0 aliphatic heterocycles. The van der Waals surface area contributed by atoms with Gasteiger partial charge in [-0.25, -0.2) is 0 Å². The minimum Gasteiger partial charge on any atom is -0.550 e. The highest BCUT2D eigenvalue weighted by atomic mass is 16.4. The molecule has 26 heavy (non-hydrogen) atoms. The first-order chi connectivity index (χ1) is 12.5. The molecule has 0 aromatic heterocycles. The maximum atomic E-state index is 12.5. The number of carboxylic acids is 1. The molecule has 2 aromatic rings. The molecule has 136 valence electrons. The van der Waals surface area contributed by atoms with Crippen LogP contribution in [0.25, 0.3) is 0 Å². The van der Waals surface area contributed by atoms with Gasteiger partial charge < -0.3 is 20.5 Å². The van der Waals surface area contributed by atoms with Crippen molar-refractivity contribution in [2.45, 2.75) is 32.6 Å². The summed E-state index contributed by atoms with van der Waals surface area (Å²) >= 11 is 0. The van der Waals surface area contributed by atoms with Crippen molar-refractivity contribution < 1.29 is 19.5 Å². The number of benzene rings is 2. The minimum absolute atomic E-state index is 0.0777. The molecule has 2 aromatic carbocycles. The molecule has 6 heteroatoms. The van der Waals surface area contributed by atoms with Crippen LogP contribution in [-0.4, -0.2) is 17.8 Å². The molecule has 0 bridgehead atoms. The fourth-order valence-corrected chi connectivity index (χ4v) is 2.50. The average molecular weight is 353 g/mol. The number of nitrogens with one attached hydrogen (secondary N) is 2. The van der Waals surface area contributed by atoms with Gasteiger partial charge in [0.1, 0.15) is 0 Å². The number of hydrogen-bond donors (Lipinski definition) is 2. The molecule has 0 aliphatic carbocycles. The van der Waals surface area contributed by atoms with Gasteiger partial charge in [0.05, 0.1) is 0 Å². The zero-order valence-corrected chi connectivity index (χ0v) is 14.6. The summed E-state index contributed by atoms with van der Waals surface area (Å²) in [5.74, 6) is -1.75. The Hall–Kier alpha value is -3.15. The van der Waals surface area contributed by atoms with Crippen molar-refractivity contribution in [3.8, 4) is 0 Å². The number of amides is 2. The van der Waals surface area contributed by atoms with Gasteiger partial charge >= 0.3 is 0 Å². The van der Waals surface area contributed by atoms with E-state index in [4.69, 9.17) is 0 Å². The largest absolute Gasteiger partial charge is 0.550 e. The van der Waals surface area contributed by atoms with E-state index in [0.717, 1.165) is 17.7 Å². The van der Waals surface area contributed by atoms with Crippen molar-refractivity contribution >= 4 is 29.2 Å². The summed E-state index contributed by atoms with van der Waals surface area (Å²) in [7, 11) is 0. The fourth-order valence-electron chi connectivity index (χ4n) is 2.50. The summed E-state index contributed by atoms with van der Waals surface area (Å²) in [6.07, 6.45) is 0.932. The molecule has 0 spiro atoms. The van der Waals surface area contributed by atoms with Crippen molar-refractivity contribution in [2.24, 2.45) is 0 Å². The number of aryl methyl sites for hydroxylation is 1. The Labute approximate surface area is 152 Å². The van der Waals surface area contributed by atoms with Crippen LogP contribution in [0.2, 0.25) is 0 Å². The van der Waals surface area contributed by atoms with Gasteiger partial charge in [-0.15, -0.1) is 0 Å². The summed E-state index contributed by atoms with van der Waals surface area (Å²) in [6, 6.07) is 14.2. The van der Waals surface area contributed by atoms with E-state index in [2.05, 4.69) is 10.6 Å². The lowest BCUT2D eigenvalue weighted by molar-refractivity contribution is -0.305. The lowest BCUT2D eigenvalue weighted by Gasteiger charge is -2.11. The lowest BCUT2D eigenvalue weighted by Crippen LogP contribution is -2.22. The van der Waals surface area contributed by atoms with Gasteiger partial charge in [-0.3, -0.25) is 9.59 Å². The monoisotopic (exact) mass is 353 g/mol. The Morgan fingerprint density at radius 1 is 0.962 bits per heavy atom. The van der Waals surface area contributed by atoms with E-state index in [-0.39, 0.29) is 31.1 Å². The number of hydrogen-bond acceptors (Lipinski definition) is 4. The maximum Gasteiger partial charge on any atom is 0.255 e. The summed E-state index contributed by atoms with van der Waals surface area (Å²) in [6.45, 7) is 2.02. The van der Waals surface area contributed by atoms with Gasteiger partial charge in [0, 0.05) is 29.3 Å². The number of carbonyl (C=O) groups excluding carboxylic acids is 3. The Morgan fingerprint density at radius 3 is 2.46 bits per heavy atom. The number of carbonyl (C=O) groups is 3. The van der Waals surface area contributed by atoms with Crippen LogP contribution in [0.3, 0.4) is 0 Å². The average Bonchev–Trinajstić information content (AvgIpc) is 2.62. The van der Waals surface area contributed by atoms with Crippen molar-refractivity contribution in [1.29, 1.82) is 0 Å². The normalized spacial score (nSPS) is 10.2. The Kier molecular flexibility index (Phi) is 6.91. The van der Waals surface area contributed by atoms with Crippen molar-refractivity contribution in [3.63, 3.8) is 0 Å². The van der Waals surface area contributed by atoms with E-state index in [0.29, 0.717) is 11.3 Å². The Balaban J connectivity index is 2.00. The van der Waals surface area contributed by atoms with Crippen LogP contribution in [0.1, 0.15) is 42.1 Å². The van der Waals surface area contributed by atoms with Gasteiger partial charge in [0.25, 0.3) is 5.91 Å². The number of para-hydroxylation sites is 1. The van der Waals surface area contributed by atoms with Gasteiger partial charge in [-0.2, -0.15) is 0 Å². The standard InChI is InChI=1S/C20H22N2O4/c1-2-14-7-3-4-10-17(14)22-20(26)15-8-5-9-16(13-15)21-18(23)11-6-12-19(24)25/h3-5,7-10,13H,2,6,11-12H2,1H3,(H,21,23)(H,22,26)(H,24,25)/p-1. The highest BCUT2D eigenvalue weighted by Gasteiger charge is 2.10. The molecule has 2 amide bonds. The zero-order valence-electron chi connectivity index (χ0n) is 14.6. The quantitative estimate of drug-likeness (QED) is 0.761. The van der Waals surface area contributed by atoms with Crippen LogP contribution in [0, 0.1) is 0 Å². The number of anilines is 2. The molecule has 0 fully saturated rings. The van der Waals surface area contributed by atoms with Crippen LogP contribution in [0.4, 0.5) is 11.4 Å². The Bertz CT molecular complexity index is 802. The number of aliphatic carboxylic acids is 1. The van der Waals surface area contributed by atoms with E-state index in [1.165, 1.54) is 0 Å². The van der Waals surface area contributed by atoms with Gasteiger partial charge in [-0.1, -0.05) is 31.2 Å². The van der Waals surface area contributed by atoms with E-state index in [1.54, 1.807) is 24.3 Å². The topological polar surface area (TPSA) is 98.3 Å². The molecule has 0 heterocycles. The first-order valence-corrected chi connectivity index (χ1v) is 8.48. The summed E-state index contributed by atoms with van der Waals surface area (Å²) in [5, 5.41) is 15.9. The van der Waals surface area contributed by atoms with E-state index in [1.807, 2.05) is 31.2 Å². The Morgan fingerprint density at radius 2 is 1.73 bits per heavy atom. The SMILES string of the molecule is CCc1ccccc1NC(=O)c1cccc(NC(=O)CCCC(=O)[O-])c1. The van der Waals surface area contributed by atoms with E-state index in [9.17, 15) is 19.5 Å². The second-order valence-electron chi connectivity index (χ2n) is 5.82. The van der Waals surface area contributed by atoms with Gasteiger partial charge in [0.15, 0.2) is 0 Å². The highest BCUT2D eigenvalue weighted by molar-refractivity contribution is 6.05. The smallest absolute Gasteiger partial charge is 0.255 e. The summed E-state index contributed by atoms with van der Waals surface area (Å²) < 4.78 is 0. The third-order valence-electron chi connectivity index (χ3n) is 3.84. The number of rotatable bonds is 8. The van der Waals surface area contributed by atoms with Gasteiger partial charge in [0.2, 0.25) is 5.91 Å². The van der Waals surface area contributed by atoms with E-state index < -0.39 is 5.97 Å². The molecular formula is C20H21N2O4-. The second-order valence-corrected chi connectivity index (χ2v) is 5.82. The zero-order chi connectivity index (χ0) is 18.9. The van der Waals surface area contributed by atoms with Crippen molar-refractivity contribution in [2.75, 3.05) is 10.6 Å². The first-order valence-electron chi connectivity index (χ1n) is 8.48. The molecular weight excluding hydrogens is 332 g/mol. The molecule has 0 unspecified atom stereocenters. The predicted octanol–water partition coefficient (Wildman–Crippen LogP) is 2.36.